The zero-order valence-electron chi connectivity index (χ0n) is 16.5. The number of nitrogens with one attached hydrogen (secondary N) is 1. The number of hydrogen-bond acceptors (Lipinski definition) is 5. The Labute approximate surface area is 189 Å². The fraction of sp³-hybridized carbons (Fsp3) is 0.476. The van der Waals surface area contributed by atoms with E-state index in [1.165, 1.54) is 11.8 Å². The number of amides is 1. The number of ether oxygens (including phenoxy) is 1. The number of nitrogens with zero attached hydrogens (tertiary/aromatic N) is 2. The number of halogens is 2. The van der Waals surface area contributed by atoms with Gasteiger partial charge in [-0.3, -0.25) is 9.36 Å². The molecule has 1 unspecified atom stereocenters. The van der Waals surface area contributed by atoms with Crippen LogP contribution in [0.3, 0.4) is 0 Å². The first-order valence-electron chi connectivity index (χ1n) is 10.1. The maximum absolute atomic E-state index is 12.8. The van der Waals surface area contributed by atoms with E-state index >= 15 is 0 Å². The van der Waals surface area contributed by atoms with Crippen LogP contribution < -0.4 is 11.0 Å². The molecule has 2 heterocycles. The number of fused-ring (bicyclic) bond motifs is 1. The van der Waals surface area contributed by atoms with Crippen molar-refractivity contribution in [3.63, 3.8) is 0 Å². The molecule has 0 radical (unpaired) electrons. The Bertz CT molecular complexity index is 985. The van der Waals surface area contributed by atoms with Gasteiger partial charge >= 0.3 is 5.69 Å². The van der Waals surface area contributed by atoms with E-state index in [9.17, 15) is 9.59 Å². The highest BCUT2D eigenvalue weighted by molar-refractivity contribution is 8.00. The molecule has 6 nitrogen and oxygen atoms in total. The van der Waals surface area contributed by atoms with E-state index in [1.54, 1.807) is 22.8 Å². The zero-order chi connectivity index (χ0) is 21.1. The van der Waals surface area contributed by atoms with Crippen LogP contribution >= 0.6 is 35.0 Å². The molecule has 0 saturated carbocycles. The summed E-state index contributed by atoms with van der Waals surface area (Å²) in [5.74, 6) is -0.0492. The summed E-state index contributed by atoms with van der Waals surface area (Å²) in [6.45, 7) is 1.32. The molecule has 2 aromatic rings. The SMILES string of the molecule is O=C(CSc1nc(=O)n(CC2CCCO2)c2c1CCCC2)Nc1cc(Cl)cc(Cl)c1. The molecular weight excluding hydrogens is 445 g/mol. The van der Waals surface area contributed by atoms with Crippen LogP contribution in [-0.4, -0.2) is 33.9 Å². The lowest BCUT2D eigenvalue weighted by Crippen LogP contribution is -2.34. The van der Waals surface area contributed by atoms with Crippen LogP contribution in [0.4, 0.5) is 5.69 Å². The van der Waals surface area contributed by atoms with Gasteiger partial charge in [-0.1, -0.05) is 35.0 Å². The van der Waals surface area contributed by atoms with Gasteiger partial charge in [0.25, 0.3) is 0 Å². The van der Waals surface area contributed by atoms with E-state index in [0.29, 0.717) is 27.3 Å². The third kappa shape index (κ3) is 5.19. The third-order valence-electron chi connectivity index (χ3n) is 5.35. The predicted molar refractivity (Wildman–Crippen MR) is 120 cm³/mol. The van der Waals surface area contributed by atoms with E-state index < -0.39 is 0 Å². The van der Waals surface area contributed by atoms with Gasteiger partial charge in [0.1, 0.15) is 5.03 Å². The molecule has 1 amide bonds. The Morgan fingerprint density at radius 2 is 1.97 bits per heavy atom. The second-order valence-electron chi connectivity index (χ2n) is 7.57. The van der Waals surface area contributed by atoms with Crippen molar-refractivity contribution in [2.75, 3.05) is 17.7 Å². The molecule has 1 aliphatic carbocycles. The van der Waals surface area contributed by atoms with Gasteiger partial charge in [-0.2, -0.15) is 4.98 Å². The number of carbonyl (C=O) groups excluding carboxylic acids is 1. The lowest BCUT2D eigenvalue weighted by molar-refractivity contribution is -0.113. The van der Waals surface area contributed by atoms with Crippen molar-refractivity contribution < 1.29 is 9.53 Å². The van der Waals surface area contributed by atoms with Crippen molar-refractivity contribution in [1.29, 1.82) is 0 Å². The molecule has 4 rings (SSSR count). The van der Waals surface area contributed by atoms with Crippen LogP contribution in [0.2, 0.25) is 10.0 Å². The number of rotatable bonds is 6. The van der Waals surface area contributed by atoms with Crippen LogP contribution in [0.25, 0.3) is 0 Å². The minimum atomic E-state index is -0.254. The molecule has 1 saturated heterocycles. The third-order valence-corrected chi connectivity index (χ3v) is 6.80. The van der Waals surface area contributed by atoms with Crippen molar-refractivity contribution in [1.82, 2.24) is 9.55 Å². The molecule has 30 heavy (non-hydrogen) atoms. The summed E-state index contributed by atoms with van der Waals surface area (Å²) in [6, 6.07) is 4.89. The van der Waals surface area contributed by atoms with Crippen molar-refractivity contribution in [3.05, 3.63) is 50.0 Å². The number of thioether (sulfide) groups is 1. The van der Waals surface area contributed by atoms with Crippen molar-refractivity contribution >= 4 is 46.6 Å². The lowest BCUT2D eigenvalue weighted by atomic mass is 9.97. The van der Waals surface area contributed by atoms with Gasteiger partial charge in [0.05, 0.1) is 18.4 Å². The quantitative estimate of drug-likeness (QED) is 0.505. The highest BCUT2D eigenvalue weighted by Gasteiger charge is 2.24. The first kappa shape index (κ1) is 21.7. The Kier molecular flexibility index (Phi) is 7.03. The van der Waals surface area contributed by atoms with Gasteiger partial charge in [0.2, 0.25) is 5.91 Å². The smallest absolute Gasteiger partial charge is 0.348 e. The van der Waals surface area contributed by atoms with E-state index in [-0.39, 0.29) is 23.5 Å². The summed E-state index contributed by atoms with van der Waals surface area (Å²) >= 11 is 13.3. The summed E-state index contributed by atoms with van der Waals surface area (Å²) in [4.78, 5) is 29.5. The van der Waals surface area contributed by atoms with Gasteiger partial charge in [0.15, 0.2) is 0 Å². The first-order valence-corrected chi connectivity index (χ1v) is 11.9. The maximum Gasteiger partial charge on any atom is 0.348 e. The van der Waals surface area contributed by atoms with Gasteiger partial charge in [-0.25, -0.2) is 4.79 Å². The van der Waals surface area contributed by atoms with Gasteiger partial charge in [0, 0.05) is 33.6 Å². The summed E-state index contributed by atoms with van der Waals surface area (Å²) in [5, 5.41) is 4.37. The molecule has 2 aliphatic rings. The molecule has 1 aromatic heterocycles. The number of hydrogen-bond donors (Lipinski definition) is 1. The lowest BCUT2D eigenvalue weighted by Gasteiger charge is -2.24. The van der Waals surface area contributed by atoms with Crippen molar-refractivity contribution in [2.45, 2.75) is 56.2 Å². The second kappa shape index (κ2) is 9.73. The Balaban J connectivity index is 1.49. The summed E-state index contributed by atoms with van der Waals surface area (Å²) in [7, 11) is 0. The van der Waals surface area contributed by atoms with Crippen LogP contribution in [0.5, 0.6) is 0 Å². The van der Waals surface area contributed by atoms with Crippen LogP contribution in [-0.2, 0) is 28.9 Å². The topological polar surface area (TPSA) is 73.2 Å². The molecule has 9 heteroatoms. The number of aromatic nitrogens is 2. The molecule has 1 atom stereocenters. The summed E-state index contributed by atoms with van der Waals surface area (Å²) < 4.78 is 7.52. The highest BCUT2D eigenvalue weighted by atomic mass is 35.5. The van der Waals surface area contributed by atoms with E-state index in [2.05, 4.69) is 10.3 Å². The molecule has 1 fully saturated rings. The minimum Gasteiger partial charge on any atom is -0.376 e. The average molecular weight is 468 g/mol. The predicted octanol–water partition coefficient (Wildman–Crippen LogP) is 4.34. The standard InChI is InChI=1S/C21H23Cl2N3O3S/c22-13-8-14(23)10-15(9-13)24-19(27)12-30-20-17-5-1-2-6-18(17)26(21(28)25-20)11-16-4-3-7-29-16/h8-10,16H,1-7,11-12H2,(H,24,27). The van der Waals surface area contributed by atoms with Gasteiger partial charge < -0.3 is 10.1 Å². The molecule has 1 aliphatic heterocycles. The van der Waals surface area contributed by atoms with E-state index in [4.69, 9.17) is 27.9 Å². The summed E-state index contributed by atoms with van der Waals surface area (Å²) in [5.41, 5.74) is 2.44. The van der Waals surface area contributed by atoms with Crippen molar-refractivity contribution in [2.24, 2.45) is 0 Å². The average Bonchev–Trinajstić information content (AvgIpc) is 3.21. The van der Waals surface area contributed by atoms with Crippen LogP contribution in [0.1, 0.15) is 36.9 Å². The van der Waals surface area contributed by atoms with E-state index in [0.717, 1.165) is 56.4 Å². The molecule has 1 aromatic carbocycles. The number of anilines is 1. The minimum absolute atomic E-state index is 0.0873. The molecule has 160 valence electrons. The Morgan fingerprint density at radius 1 is 1.20 bits per heavy atom. The van der Waals surface area contributed by atoms with Gasteiger partial charge in [-0.05, 0) is 56.7 Å². The molecule has 0 spiro atoms. The molecule has 1 N–H and O–H groups in total. The Hall–Kier alpha value is -1.54. The summed E-state index contributed by atoms with van der Waals surface area (Å²) in [6.07, 6.45) is 5.96. The maximum atomic E-state index is 12.8. The highest BCUT2D eigenvalue weighted by Crippen LogP contribution is 2.29. The van der Waals surface area contributed by atoms with Gasteiger partial charge in [-0.15, -0.1) is 0 Å². The number of benzene rings is 1. The van der Waals surface area contributed by atoms with Crippen LogP contribution in [0, 0.1) is 0 Å². The van der Waals surface area contributed by atoms with Crippen molar-refractivity contribution in [3.8, 4) is 0 Å². The molecule has 0 bridgehead atoms. The molecular formula is C21H23Cl2N3O3S. The number of carbonyl (C=O) groups is 1. The zero-order valence-corrected chi connectivity index (χ0v) is 18.8. The van der Waals surface area contributed by atoms with Crippen LogP contribution in [0.15, 0.2) is 28.0 Å². The van der Waals surface area contributed by atoms with E-state index in [1.807, 2.05) is 0 Å². The largest absolute Gasteiger partial charge is 0.376 e. The second-order valence-corrected chi connectivity index (χ2v) is 9.41. The monoisotopic (exact) mass is 467 g/mol. The Morgan fingerprint density at radius 3 is 2.70 bits per heavy atom. The first-order chi connectivity index (χ1) is 14.5. The fourth-order valence-electron chi connectivity index (χ4n) is 4.00. The normalized spacial score (nSPS) is 18.3. The fourth-order valence-corrected chi connectivity index (χ4v) is 5.41.